The maximum absolute atomic E-state index is 14.2. The number of halogens is 2. The number of hydrogen-bond acceptors (Lipinski definition) is 6. The van der Waals surface area contributed by atoms with Crippen LogP contribution >= 0.6 is 23.4 Å². The highest BCUT2D eigenvalue weighted by Crippen LogP contribution is 2.29. The Morgan fingerprint density at radius 1 is 0.865 bits per heavy atom. The molecule has 52 heavy (non-hydrogen) atoms. The van der Waals surface area contributed by atoms with Gasteiger partial charge in [-0.15, -0.1) is 11.8 Å². The molecule has 2 aliphatic rings. The van der Waals surface area contributed by atoms with Crippen LogP contribution in [0.1, 0.15) is 36.5 Å². The number of piperazine rings is 1. The van der Waals surface area contributed by atoms with E-state index in [-0.39, 0.29) is 24.2 Å². The molecule has 2 fully saturated rings. The molecule has 10 heteroatoms. The summed E-state index contributed by atoms with van der Waals surface area (Å²) in [6.07, 6.45) is 1.87. The Hall–Kier alpha value is -3.89. The van der Waals surface area contributed by atoms with Gasteiger partial charge in [0.2, 0.25) is 5.91 Å². The number of nitrogens with one attached hydrogen (secondary N) is 1. The normalized spacial score (nSPS) is 16.4. The fourth-order valence-corrected chi connectivity index (χ4v) is 8.26. The monoisotopic (exact) mass is 742 g/mol. The summed E-state index contributed by atoms with van der Waals surface area (Å²) in [4.78, 5) is 35.0. The Morgan fingerprint density at radius 2 is 1.58 bits per heavy atom. The molecule has 0 unspecified atom stereocenters. The minimum atomic E-state index is -0.667. The average molecular weight is 743 g/mol. The fraction of sp³-hybridized carbons (Fsp3) is 0.381. The highest BCUT2D eigenvalue weighted by atomic mass is 35.5. The van der Waals surface area contributed by atoms with Crippen molar-refractivity contribution in [2.24, 2.45) is 5.92 Å². The standard InChI is InChI=1S/C42H48ClFN4O3S/c1-2-52-39-28-37(44)15-13-35(39)29-47-23-25-48(26-24-47)41(49)40(45-42(50)51-30-31-9-5-3-6-10-31)33-17-20-46(21-18-33)22-19-34-27-36(43)14-16-38(34)32-11-7-4-8-12-32/h3-16,27-28,33,40H,2,17-26,29-30H2,1H3,(H,45,50)/t40-/m1/s1. The first-order valence-corrected chi connectivity index (χ1v) is 19.7. The van der Waals surface area contributed by atoms with Crippen LogP contribution < -0.4 is 5.32 Å². The van der Waals surface area contributed by atoms with Gasteiger partial charge in [-0.3, -0.25) is 9.69 Å². The van der Waals surface area contributed by atoms with Crippen LogP contribution in [-0.4, -0.2) is 84.3 Å². The van der Waals surface area contributed by atoms with E-state index in [0.29, 0.717) is 32.7 Å². The summed E-state index contributed by atoms with van der Waals surface area (Å²) in [5, 5.41) is 3.73. The van der Waals surface area contributed by atoms with Gasteiger partial charge >= 0.3 is 6.09 Å². The SMILES string of the molecule is CCSc1cc(F)ccc1CN1CCN(C(=O)[C@H](NC(=O)OCc2ccccc2)C2CCN(CCc3cc(Cl)ccc3-c3ccccc3)CC2)CC1. The lowest BCUT2D eigenvalue weighted by Crippen LogP contribution is -2.58. The molecule has 0 spiro atoms. The minimum Gasteiger partial charge on any atom is -0.445 e. The van der Waals surface area contributed by atoms with E-state index >= 15 is 0 Å². The van der Waals surface area contributed by atoms with Crippen molar-refractivity contribution in [2.45, 2.75) is 50.3 Å². The number of rotatable bonds is 13. The molecular formula is C42H48ClFN4O3S. The van der Waals surface area contributed by atoms with Crippen molar-refractivity contribution >= 4 is 35.4 Å². The van der Waals surface area contributed by atoms with E-state index in [0.717, 1.165) is 65.7 Å². The number of ether oxygens (including phenoxy) is 1. The van der Waals surface area contributed by atoms with Gasteiger partial charge in [-0.1, -0.05) is 91.3 Å². The number of nitrogens with zero attached hydrogens (tertiary/aromatic N) is 3. The number of carbonyl (C=O) groups excluding carboxylic acids is 2. The van der Waals surface area contributed by atoms with Crippen molar-refractivity contribution < 1.29 is 18.7 Å². The number of benzene rings is 4. The lowest BCUT2D eigenvalue weighted by atomic mass is 9.88. The molecule has 1 atom stereocenters. The Labute approximate surface area is 316 Å². The molecule has 7 nitrogen and oxygen atoms in total. The highest BCUT2D eigenvalue weighted by Gasteiger charge is 2.36. The first-order valence-electron chi connectivity index (χ1n) is 18.3. The molecule has 2 heterocycles. The van der Waals surface area contributed by atoms with Gasteiger partial charge < -0.3 is 19.9 Å². The van der Waals surface area contributed by atoms with E-state index in [1.54, 1.807) is 17.8 Å². The van der Waals surface area contributed by atoms with Crippen LogP contribution in [0.2, 0.25) is 5.02 Å². The third-order valence-electron chi connectivity index (χ3n) is 10.1. The second-order valence-electron chi connectivity index (χ2n) is 13.6. The van der Waals surface area contributed by atoms with Gasteiger partial charge in [0.1, 0.15) is 18.5 Å². The topological polar surface area (TPSA) is 65.1 Å². The Kier molecular flexibility index (Phi) is 13.6. The summed E-state index contributed by atoms with van der Waals surface area (Å²) in [7, 11) is 0. The number of thioether (sulfide) groups is 1. The number of amides is 2. The fourth-order valence-electron chi connectivity index (χ4n) is 7.24. The van der Waals surface area contributed by atoms with Gasteiger partial charge in [-0.2, -0.15) is 0 Å². The lowest BCUT2D eigenvalue weighted by molar-refractivity contribution is -0.137. The molecule has 2 amide bonds. The second kappa shape index (κ2) is 18.7. The third-order valence-corrected chi connectivity index (χ3v) is 11.3. The first kappa shape index (κ1) is 37.9. The summed E-state index contributed by atoms with van der Waals surface area (Å²) in [6, 6.07) is 30.4. The summed E-state index contributed by atoms with van der Waals surface area (Å²) in [5.74, 6) is 0.590. The van der Waals surface area contributed by atoms with Crippen LogP contribution in [0, 0.1) is 11.7 Å². The van der Waals surface area contributed by atoms with Gasteiger partial charge in [0.15, 0.2) is 0 Å². The van der Waals surface area contributed by atoms with Crippen molar-refractivity contribution in [2.75, 3.05) is 51.6 Å². The number of likely N-dealkylation sites (tertiary alicyclic amines) is 1. The quantitative estimate of drug-likeness (QED) is 0.140. The molecule has 0 aliphatic carbocycles. The van der Waals surface area contributed by atoms with Crippen LogP contribution in [0.3, 0.4) is 0 Å². The molecule has 274 valence electrons. The molecule has 4 aromatic carbocycles. The third kappa shape index (κ3) is 10.4. The molecule has 0 radical (unpaired) electrons. The van der Waals surface area contributed by atoms with Crippen molar-refractivity contribution in [1.82, 2.24) is 20.0 Å². The maximum atomic E-state index is 14.2. The molecule has 0 bridgehead atoms. The summed E-state index contributed by atoms with van der Waals surface area (Å²) >= 11 is 8.08. The van der Waals surface area contributed by atoms with Gasteiger partial charge in [-0.05, 0) is 96.1 Å². The Bertz CT molecular complexity index is 1770. The molecule has 4 aromatic rings. The smallest absolute Gasteiger partial charge is 0.408 e. The van der Waals surface area contributed by atoms with Gasteiger partial charge in [0, 0.05) is 49.2 Å². The van der Waals surface area contributed by atoms with E-state index in [2.05, 4.69) is 58.4 Å². The average Bonchev–Trinajstić information content (AvgIpc) is 3.17. The van der Waals surface area contributed by atoms with Crippen LogP contribution in [0.5, 0.6) is 0 Å². The van der Waals surface area contributed by atoms with Crippen molar-refractivity contribution in [3.8, 4) is 11.1 Å². The molecule has 2 aliphatic heterocycles. The summed E-state index contributed by atoms with van der Waals surface area (Å²) in [5.41, 5.74) is 5.59. The van der Waals surface area contributed by atoms with Gasteiger partial charge in [-0.25, -0.2) is 9.18 Å². The zero-order valence-corrected chi connectivity index (χ0v) is 31.4. The number of carbonyl (C=O) groups is 2. The molecular weight excluding hydrogens is 695 g/mol. The van der Waals surface area contributed by atoms with Crippen LogP contribution in [0.25, 0.3) is 11.1 Å². The lowest BCUT2D eigenvalue weighted by Gasteiger charge is -2.40. The molecule has 0 aromatic heterocycles. The molecule has 6 rings (SSSR count). The molecule has 1 N–H and O–H groups in total. The van der Waals surface area contributed by atoms with E-state index in [1.807, 2.05) is 53.4 Å². The number of alkyl carbamates (subject to hydrolysis) is 1. The van der Waals surface area contributed by atoms with Crippen LogP contribution in [-0.2, 0) is 29.1 Å². The summed E-state index contributed by atoms with van der Waals surface area (Å²) < 4.78 is 19.5. The number of hydrogen-bond donors (Lipinski definition) is 1. The number of piperidine rings is 1. The van der Waals surface area contributed by atoms with E-state index in [1.165, 1.54) is 22.8 Å². The van der Waals surface area contributed by atoms with E-state index in [9.17, 15) is 14.0 Å². The molecule has 2 saturated heterocycles. The highest BCUT2D eigenvalue weighted by molar-refractivity contribution is 7.99. The zero-order chi connectivity index (χ0) is 36.3. The zero-order valence-electron chi connectivity index (χ0n) is 29.8. The first-order chi connectivity index (χ1) is 25.4. The van der Waals surface area contributed by atoms with Gasteiger partial charge in [0.05, 0.1) is 0 Å². The minimum absolute atomic E-state index is 0.00931. The largest absolute Gasteiger partial charge is 0.445 e. The molecule has 0 saturated carbocycles. The van der Waals surface area contributed by atoms with Crippen LogP contribution in [0.15, 0.2) is 102 Å². The maximum Gasteiger partial charge on any atom is 0.408 e. The van der Waals surface area contributed by atoms with Crippen LogP contribution in [0.4, 0.5) is 9.18 Å². The summed E-state index contributed by atoms with van der Waals surface area (Å²) in [6.45, 7) is 8.00. The van der Waals surface area contributed by atoms with E-state index < -0.39 is 12.1 Å². The predicted molar refractivity (Wildman–Crippen MR) is 208 cm³/mol. The van der Waals surface area contributed by atoms with Crippen molar-refractivity contribution in [3.63, 3.8) is 0 Å². The second-order valence-corrected chi connectivity index (χ2v) is 15.3. The van der Waals surface area contributed by atoms with E-state index in [4.69, 9.17) is 16.3 Å². The predicted octanol–water partition coefficient (Wildman–Crippen LogP) is 8.15. The Balaban J connectivity index is 1.07. The Morgan fingerprint density at radius 3 is 2.29 bits per heavy atom. The van der Waals surface area contributed by atoms with Crippen molar-refractivity contribution in [3.05, 3.63) is 125 Å². The van der Waals surface area contributed by atoms with Crippen molar-refractivity contribution in [1.29, 1.82) is 0 Å². The van der Waals surface area contributed by atoms with Gasteiger partial charge in [0.25, 0.3) is 0 Å².